The second-order valence-corrected chi connectivity index (χ2v) is 14.6. The van der Waals surface area contributed by atoms with E-state index in [0.717, 1.165) is 42.0 Å². The lowest BCUT2D eigenvalue weighted by Crippen LogP contribution is -2.57. The summed E-state index contributed by atoms with van der Waals surface area (Å²) in [6.07, 6.45) is 14.7. The van der Waals surface area contributed by atoms with Gasteiger partial charge in [0.1, 0.15) is 0 Å². The molecule has 0 amide bonds. The lowest BCUT2D eigenvalue weighted by molar-refractivity contribution is 0.0603. The number of hydrogen-bond acceptors (Lipinski definition) is 7. The average Bonchev–Trinajstić information content (AvgIpc) is 3.64. The maximum atomic E-state index is 3.44. The molecule has 1 aromatic carbocycles. The molecular weight excluding hydrogens is 506 g/mol. The number of nitrogens with one attached hydrogen (secondary N) is 5. The van der Waals surface area contributed by atoms with Crippen LogP contribution in [0.1, 0.15) is 75.3 Å². The highest BCUT2D eigenvalue weighted by Gasteiger charge is 2.42. The molecule has 6 saturated heterocycles. The zero-order chi connectivity index (χ0) is 28.0. The third-order valence-electron chi connectivity index (χ3n) is 11.6. The average molecular weight is 566 g/mol. The van der Waals surface area contributed by atoms with Gasteiger partial charge in [0.2, 0.25) is 0 Å². The minimum Gasteiger partial charge on any atom is -0.316 e. The molecule has 10 rings (SSSR count). The summed E-state index contributed by atoms with van der Waals surface area (Å²) in [6.45, 7) is 14.9. The molecule has 0 radical (unpaired) electrons. The van der Waals surface area contributed by atoms with Crippen LogP contribution in [0.2, 0.25) is 0 Å². The lowest BCUT2D eigenvalue weighted by Gasteiger charge is -2.49. The molecule has 2 bridgehead atoms. The second kappa shape index (κ2) is 14.1. The summed E-state index contributed by atoms with van der Waals surface area (Å²) < 4.78 is 0. The molecule has 3 unspecified atom stereocenters. The largest absolute Gasteiger partial charge is 0.316 e. The Bertz CT molecular complexity index is 831. The van der Waals surface area contributed by atoms with Crippen LogP contribution in [-0.4, -0.2) is 100 Å². The van der Waals surface area contributed by atoms with Crippen LogP contribution in [-0.2, 0) is 13.1 Å². The zero-order valence-corrected chi connectivity index (χ0v) is 26.0. The number of nitrogens with zero attached hydrogens (tertiary/aromatic N) is 2. The van der Waals surface area contributed by atoms with E-state index < -0.39 is 0 Å². The summed E-state index contributed by atoms with van der Waals surface area (Å²) in [5.41, 5.74) is 4.58. The molecule has 9 aliphatic rings. The van der Waals surface area contributed by atoms with Crippen LogP contribution in [0, 0.1) is 10.8 Å². The first-order valence-electron chi connectivity index (χ1n) is 17.2. The fourth-order valence-electron chi connectivity index (χ4n) is 8.10. The number of piperazine rings is 2. The number of likely N-dealkylation sites (tertiary alicyclic amines) is 1. The quantitative estimate of drug-likeness (QED) is 0.332. The SMILES string of the molecule is C1CC2(C1)CNC2.C1CC2(C1)CNC2.C1CCN2CCNCC2C1.CN1CC2CC1CN2.c1ccc2c(c1)CNC2. The van der Waals surface area contributed by atoms with Gasteiger partial charge in [-0.3, -0.25) is 4.90 Å². The maximum absolute atomic E-state index is 3.44. The van der Waals surface area contributed by atoms with E-state index in [-0.39, 0.29) is 0 Å². The van der Waals surface area contributed by atoms with E-state index in [4.69, 9.17) is 0 Å². The summed E-state index contributed by atoms with van der Waals surface area (Å²) in [6, 6.07) is 11.1. The molecule has 2 saturated carbocycles. The Hall–Kier alpha value is -1.06. The van der Waals surface area contributed by atoms with E-state index >= 15 is 0 Å². The van der Waals surface area contributed by atoms with Crippen molar-refractivity contribution in [2.24, 2.45) is 10.8 Å². The van der Waals surface area contributed by atoms with Gasteiger partial charge in [-0.05, 0) is 80.5 Å². The summed E-state index contributed by atoms with van der Waals surface area (Å²) in [5.74, 6) is 0. The smallest absolute Gasteiger partial charge is 0.0233 e. The predicted molar refractivity (Wildman–Crippen MR) is 170 cm³/mol. The topological polar surface area (TPSA) is 66.6 Å². The summed E-state index contributed by atoms with van der Waals surface area (Å²) in [5, 5.41) is 16.8. The van der Waals surface area contributed by atoms with Gasteiger partial charge in [-0.2, -0.15) is 0 Å². The fourth-order valence-corrected chi connectivity index (χ4v) is 8.10. The highest BCUT2D eigenvalue weighted by atomic mass is 15.3. The first kappa shape index (κ1) is 30.0. The molecule has 7 aliphatic heterocycles. The Morgan fingerprint density at radius 3 is 1.76 bits per heavy atom. The Morgan fingerprint density at radius 2 is 1.37 bits per heavy atom. The molecule has 7 heterocycles. The summed E-state index contributed by atoms with van der Waals surface area (Å²) in [7, 11) is 2.21. The van der Waals surface area contributed by atoms with Gasteiger partial charge < -0.3 is 31.5 Å². The highest BCUT2D eigenvalue weighted by molar-refractivity contribution is 5.29. The van der Waals surface area contributed by atoms with Crippen LogP contribution in [0.25, 0.3) is 0 Å². The van der Waals surface area contributed by atoms with Gasteiger partial charge in [0.25, 0.3) is 0 Å². The molecule has 3 atom stereocenters. The summed E-state index contributed by atoms with van der Waals surface area (Å²) >= 11 is 0. The molecule has 2 aliphatic carbocycles. The van der Waals surface area contributed by atoms with Crippen LogP contribution < -0.4 is 26.6 Å². The fraction of sp³-hybridized carbons (Fsp3) is 0.824. The van der Waals surface area contributed by atoms with Crippen LogP contribution in [0.15, 0.2) is 24.3 Å². The zero-order valence-electron chi connectivity index (χ0n) is 26.0. The van der Waals surface area contributed by atoms with Crippen molar-refractivity contribution in [2.45, 2.75) is 95.4 Å². The van der Waals surface area contributed by atoms with Crippen molar-refractivity contribution in [3.05, 3.63) is 35.4 Å². The van der Waals surface area contributed by atoms with Crippen LogP contribution in [0.4, 0.5) is 0 Å². The van der Waals surface area contributed by atoms with E-state index in [2.05, 4.69) is 67.7 Å². The van der Waals surface area contributed by atoms with Gasteiger partial charge >= 0.3 is 0 Å². The Balaban J connectivity index is 0.0000000927. The number of likely N-dealkylation sites (N-methyl/N-ethyl adjacent to an activating group) is 1. The van der Waals surface area contributed by atoms with E-state index in [9.17, 15) is 0 Å². The predicted octanol–water partition coefficient (Wildman–Crippen LogP) is 2.92. The third kappa shape index (κ3) is 7.72. The van der Waals surface area contributed by atoms with Crippen molar-refractivity contribution in [1.82, 2.24) is 36.4 Å². The van der Waals surface area contributed by atoms with Gasteiger partial charge in [0.05, 0.1) is 0 Å². The second-order valence-electron chi connectivity index (χ2n) is 14.6. The number of piperidine rings is 1. The van der Waals surface area contributed by atoms with Crippen molar-refractivity contribution in [3.8, 4) is 0 Å². The molecule has 41 heavy (non-hydrogen) atoms. The van der Waals surface area contributed by atoms with E-state index in [1.165, 1.54) is 141 Å². The van der Waals surface area contributed by atoms with Gasteiger partial charge in [0.15, 0.2) is 0 Å². The van der Waals surface area contributed by atoms with Crippen molar-refractivity contribution in [1.29, 1.82) is 0 Å². The molecule has 7 heteroatoms. The van der Waals surface area contributed by atoms with Crippen molar-refractivity contribution in [2.75, 3.05) is 72.5 Å². The minimum absolute atomic E-state index is 0.824. The molecule has 0 aromatic heterocycles. The van der Waals surface area contributed by atoms with Crippen molar-refractivity contribution in [3.63, 3.8) is 0 Å². The van der Waals surface area contributed by atoms with Gasteiger partial charge in [-0.1, -0.05) is 43.5 Å². The van der Waals surface area contributed by atoms with Gasteiger partial charge in [-0.25, -0.2) is 0 Å². The van der Waals surface area contributed by atoms with E-state index in [1.807, 2.05) is 0 Å². The lowest BCUT2D eigenvalue weighted by atomic mass is 9.65. The van der Waals surface area contributed by atoms with Crippen LogP contribution >= 0.6 is 0 Å². The minimum atomic E-state index is 0.824. The monoisotopic (exact) mass is 565 g/mol. The number of benzene rings is 1. The summed E-state index contributed by atoms with van der Waals surface area (Å²) in [4.78, 5) is 5.08. The number of fused-ring (bicyclic) bond motifs is 4. The van der Waals surface area contributed by atoms with Crippen molar-refractivity contribution >= 4 is 0 Å². The number of rotatable bonds is 0. The Morgan fingerprint density at radius 1 is 0.707 bits per heavy atom. The maximum Gasteiger partial charge on any atom is 0.0233 e. The molecular formula is C34H59N7. The molecule has 5 N–H and O–H groups in total. The first-order valence-corrected chi connectivity index (χ1v) is 17.2. The molecule has 8 fully saturated rings. The molecule has 1 aromatic rings. The molecule has 7 nitrogen and oxygen atoms in total. The molecule has 2 spiro atoms. The van der Waals surface area contributed by atoms with Crippen LogP contribution in [0.5, 0.6) is 0 Å². The Kier molecular flexibility index (Phi) is 10.3. The molecule has 230 valence electrons. The van der Waals surface area contributed by atoms with E-state index in [0.29, 0.717) is 0 Å². The van der Waals surface area contributed by atoms with Crippen molar-refractivity contribution < 1.29 is 0 Å². The van der Waals surface area contributed by atoms with Crippen LogP contribution in [0.3, 0.4) is 0 Å². The van der Waals surface area contributed by atoms with E-state index in [1.54, 1.807) is 0 Å². The van der Waals surface area contributed by atoms with Gasteiger partial charge in [-0.15, -0.1) is 0 Å². The Labute approximate surface area is 250 Å². The normalized spacial score (nSPS) is 32.8. The standard InChI is InChI=1S/C8H16N2.C8H9N.C6H12N2.2C6H11N/c1-2-5-10-6-4-9-7-8(10)3-1;1-2-4-8-6-9-5-7(8)3-1;1-8-4-5-2-6(8)3-7-5;2*1-2-6(3-1)4-7-5-6/h8-9H,1-7H2;1-4,9H,5-6H2;5-7H,2-4H2,1H3;2*7H,1-5H2. The third-order valence-corrected chi connectivity index (χ3v) is 11.6. The number of hydrogen-bond donors (Lipinski definition) is 5. The first-order chi connectivity index (χ1) is 20.1. The highest BCUT2D eigenvalue weighted by Crippen LogP contribution is 2.44. The van der Waals surface area contributed by atoms with Gasteiger partial charge in [0, 0.05) is 90.1 Å².